The summed E-state index contributed by atoms with van der Waals surface area (Å²) in [4.78, 5) is 18.9. The normalized spacial score (nSPS) is 26.0. The molecule has 1 atom stereocenters. The van der Waals surface area contributed by atoms with Crippen molar-refractivity contribution in [2.75, 3.05) is 25.4 Å². The van der Waals surface area contributed by atoms with E-state index in [1.165, 1.54) is 0 Å². The summed E-state index contributed by atoms with van der Waals surface area (Å²) in [5, 5.41) is 0. The van der Waals surface area contributed by atoms with Crippen LogP contribution >= 0.6 is 0 Å². The van der Waals surface area contributed by atoms with Gasteiger partial charge in [0.2, 0.25) is 15.9 Å². The molecule has 0 radical (unpaired) electrons. The number of hydrogen-bond donors (Lipinski definition) is 0. The molecule has 3 rings (SSSR count). The van der Waals surface area contributed by atoms with Gasteiger partial charge in [-0.1, -0.05) is 0 Å². The van der Waals surface area contributed by atoms with Crippen LogP contribution < -0.4 is 0 Å². The molecular formula is C17H25N3O3S. The molecule has 2 aliphatic rings. The Balaban J connectivity index is 1.70. The zero-order chi connectivity index (χ0) is 17.2. The van der Waals surface area contributed by atoms with Crippen molar-refractivity contribution in [1.82, 2.24) is 14.2 Å². The number of hydrogen-bond acceptors (Lipinski definition) is 4. The van der Waals surface area contributed by atoms with Crippen LogP contribution in [0.15, 0.2) is 24.5 Å². The number of carbonyl (C=O) groups excluding carboxylic acids is 1. The molecule has 2 aliphatic heterocycles. The van der Waals surface area contributed by atoms with E-state index >= 15 is 0 Å². The lowest BCUT2D eigenvalue weighted by atomic mass is 9.79. The van der Waals surface area contributed by atoms with Gasteiger partial charge in [0.15, 0.2) is 0 Å². The SMILES string of the molecule is CCS(=O)(=O)N1CCC[C@]2(CCN(Cc3ccncc3)C2=O)CC1. The molecule has 0 N–H and O–H groups in total. The van der Waals surface area contributed by atoms with Crippen molar-refractivity contribution in [3.05, 3.63) is 30.1 Å². The van der Waals surface area contributed by atoms with Gasteiger partial charge in [-0.15, -0.1) is 0 Å². The first-order chi connectivity index (χ1) is 11.5. The smallest absolute Gasteiger partial charge is 0.229 e. The molecule has 1 aromatic heterocycles. The highest BCUT2D eigenvalue weighted by molar-refractivity contribution is 7.89. The summed E-state index contributed by atoms with van der Waals surface area (Å²) in [7, 11) is -3.17. The molecule has 1 spiro atoms. The third-order valence-electron chi connectivity index (χ3n) is 5.38. The first-order valence-electron chi connectivity index (χ1n) is 8.63. The van der Waals surface area contributed by atoms with Crippen LogP contribution in [0, 0.1) is 5.41 Å². The van der Waals surface area contributed by atoms with Gasteiger partial charge in [-0.2, -0.15) is 0 Å². The second-order valence-corrected chi connectivity index (χ2v) is 9.02. The van der Waals surface area contributed by atoms with E-state index in [4.69, 9.17) is 0 Å². The first kappa shape index (κ1) is 17.4. The molecule has 0 aliphatic carbocycles. The van der Waals surface area contributed by atoms with Crippen LogP contribution in [0.25, 0.3) is 0 Å². The fourth-order valence-electron chi connectivity index (χ4n) is 3.85. The molecule has 0 bridgehead atoms. The Bertz CT molecular complexity index is 692. The van der Waals surface area contributed by atoms with Crippen LogP contribution in [0.2, 0.25) is 0 Å². The molecule has 2 saturated heterocycles. The summed E-state index contributed by atoms with van der Waals surface area (Å²) in [6, 6.07) is 3.86. The minimum atomic E-state index is -3.17. The highest BCUT2D eigenvalue weighted by Crippen LogP contribution is 2.42. The Morgan fingerprint density at radius 2 is 1.83 bits per heavy atom. The largest absolute Gasteiger partial charge is 0.338 e. The van der Waals surface area contributed by atoms with Crippen molar-refractivity contribution in [2.45, 2.75) is 39.2 Å². The fraction of sp³-hybridized carbons (Fsp3) is 0.647. The average Bonchev–Trinajstić information content (AvgIpc) is 2.78. The number of likely N-dealkylation sites (tertiary alicyclic amines) is 1. The second-order valence-electron chi connectivity index (χ2n) is 6.77. The molecule has 0 aromatic carbocycles. The lowest BCUT2D eigenvalue weighted by Crippen LogP contribution is -2.37. The highest BCUT2D eigenvalue weighted by atomic mass is 32.2. The van der Waals surface area contributed by atoms with Crippen LogP contribution in [-0.2, 0) is 21.4 Å². The third kappa shape index (κ3) is 3.32. The summed E-state index contributed by atoms with van der Waals surface area (Å²) in [6.07, 6.45) is 6.49. The summed E-state index contributed by atoms with van der Waals surface area (Å²) >= 11 is 0. The van der Waals surface area contributed by atoms with E-state index in [0.717, 1.165) is 31.4 Å². The number of pyridine rings is 1. The molecule has 1 aromatic rings. The second kappa shape index (κ2) is 6.80. The van der Waals surface area contributed by atoms with Gasteiger partial charge in [0.05, 0.1) is 11.2 Å². The van der Waals surface area contributed by atoms with Crippen molar-refractivity contribution < 1.29 is 13.2 Å². The molecule has 7 heteroatoms. The first-order valence-corrected chi connectivity index (χ1v) is 10.2. The summed E-state index contributed by atoms with van der Waals surface area (Å²) in [5.41, 5.74) is 0.713. The van der Waals surface area contributed by atoms with E-state index in [1.807, 2.05) is 17.0 Å². The lowest BCUT2D eigenvalue weighted by molar-refractivity contribution is -0.137. The van der Waals surface area contributed by atoms with E-state index < -0.39 is 10.0 Å². The molecular weight excluding hydrogens is 326 g/mol. The minimum Gasteiger partial charge on any atom is -0.338 e. The Morgan fingerprint density at radius 3 is 2.54 bits per heavy atom. The summed E-state index contributed by atoms with van der Waals surface area (Å²) in [6.45, 7) is 4.04. The summed E-state index contributed by atoms with van der Waals surface area (Å²) in [5.74, 6) is 0.317. The van der Waals surface area contributed by atoms with E-state index in [2.05, 4.69) is 4.98 Å². The van der Waals surface area contributed by atoms with Gasteiger partial charge in [0.25, 0.3) is 0 Å². The Labute approximate surface area is 143 Å². The highest BCUT2D eigenvalue weighted by Gasteiger charge is 2.47. The Kier molecular flexibility index (Phi) is 4.92. The number of aromatic nitrogens is 1. The van der Waals surface area contributed by atoms with Gasteiger partial charge in [-0.25, -0.2) is 12.7 Å². The van der Waals surface area contributed by atoms with E-state index in [9.17, 15) is 13.2 Å². The number of nitrogens with zero attached hydrogens (tertiary/aromatic N) is 3. The Morgan fingerprint density at radius 1 is 1.12 bits per heavy atom. The quantitative estimate of drug-likeness (QED) is 0.827. The molecule has 1 amide bonds. The standard InChI is InChI=1S/C17H25N3O3S/c1-2-24(22,23)20-11-3-6-17(8-13-20)7-12-19(16(17)21)14-15-4-9-18-10-5-15/h4-5,9-10H,2-3,6-8,11-14H2,1H3/t17-/m0/s1. The molecule has 6 nitrogen and oxygen atoms in total. The van der Waals surface area contributed by atoms with Crippen LogP contribution in [0.5, 0.6) is 0 Å². The minimum absolute atomic E-state index is 0.127. The van der Waals surface area contributed by atoms with Crippen LogP contribution in [0.4, 0.5) is 0 Å². The van der Waals surface area contributed by atoms with Gasteiger partial charge < -0.3 is 4.90 Å². The van der Waals surface area contributed by atoms with Gasteiger partial charge in [-0.3, -0.25) is 9.78 Å². The predicted octanol–water partition coefficient (Wildman–Crippen LogP) is 1.64. The molecule has 132 valence electrons. The zero-order valence-corrected chi connectivity index (χ0v) is 15.0. The maximum absolute atomic E-state index is 13.0. The topological polar surface area (TPSA) is 70.6 Å². The van der Waals surface area contributed by atoms with Crippen LogP contribution in [-0.4, -0.2) is 53.9 Å². The Hall–Kier alpha value is -1.47. The van der Waals surface area contributed by atoms with Gasteiger partial charge in [0.1, 0.15) is 0 Å². The van der Waals surface area contributed by atoms with E-state index in [1.54, 1.807) is 23.6 Å². The number of rotatable bonds is 4. The summed E-state index contributed by atoms with van der Waals surface area (Å²) < 4.78 is 25.8. The fourth-order valence-corrected chi connectivity index (χ4v) is 4.99. The van der Waals surface area contributed by atoms with Crippen LogP contribution in [0.3, 0.4) is 0 Å². The van der Waals surface area contributed by atoms with E-state index in [-0.39, 0.29) is 17.1 Å². The van der Waals surface area contributed by atoms with Crippen molar-refractivity contribution in [1.29, 1.82) is 0 Å². The number of carbonyl (C=O) groups is 1. The molecule has 3 heterocycles. The molecule has 24 heavy (non-hydrogen) atoms. The van der Waals surface area contributed by atoms with Crippen molar-refractivity contribution >= 4 is 15.9 Å². The number of sulfonamides is 1. The zero-order valence-electron chi connectivity index (χ0n) is 14.1. The van der Waals surface area contributed by atoms with Crippen LogP contribution in [0.1, 0.15) is 38.2 Å². The van der Waals surface area contributed by atoms with E-state index in [0.29, 0.717) is 26.1 Å². The lowest BCUT2D eigenvalue weighted by Gasteiger charge is -2.26. The maximum Gasteiger partial charge on any atom is 0.229 e. The molecule has 0 saturated carbocycles. The van der Waals surface area contributed by atoms with Crippen molar-refractivity contribution in [2.24, 2.45) is 5.41 Å². The van der Waals surface area contributed by atoms with Gasteiger partial charge in [-0.05, 0) is 50.3 Å². The number of amides is 1. The van der Waals surface area contributed by atoms with Gasteiger partial charge in [0, 0.05) is 38.6 Å². The van der Waals surface area contributed by atoms with Crippen molar-refractivity contribution in [3.63, 3.8) is 0 Å². The third-order valence-corrected chi connectivity index (χ3v) is 7.27. The van der Waals surface area contributed by atoms with Gasteiger partial charge >= 0.3 is 0 Å². The maximum atomic E-state index is 13.0. The molecule has 0 unspecified atom stereocenters. The van der Waals surface area contributed by atoms with Crippen molar-refractivity contribution in [3.8, 4) is 0 Å². The predicted molar refractivity (Wildman–Crippen MR) is 91.6 cm³/mol. The monoisotopic (exact) mass is 351 g/mol. The average molecular weight is 351 g/mol. The molecule has 2 fully saturated rings.